The summed E-state index contributed by atoms with van der Waals surface area (Å²) >= 11 is 7.83. The Bertz CT molecular complexity index is 1280. The van der Waals surface area contributed by atoms with Gasteiger partial charge >= 0.3 is 6.03 Å². The maximum Gasteiger partial charge on any atom is 0.341 e. The first-order valence-electron chi connectivity index (χ1n) is 9.32. The Morgan fingerprint density at radius 1 is 1.34 bits per heavy atom. The first-order valence-corrected chi connectivity index (χ1v) is 10.6. The number of aromatic nitrogens is 5. The van der Waals surface area contributed by atoms with Crippen molar-refractivity contribution in [2.75, 3.05) is 26.9 Å². The molecule has 0 bridgehead atoms. The molecule has 0 fully saturated rings. The van der Waals surface area contributed by atoms with Crippen LogP contribution < -0.4 is 15.8 Å². The lowest BCUT2D eigenvalue weighted by Gasteiger charge is -2.11. The van der Waals surface area contributed by atoms with Crippen LogP contribution in [0.2, 0.25) is 5.02 Å². The lowest BCUT2D eigenvalue weighted by atomic mass is 10.1. The molecule has 0 aliphatic rings. The molecule has 3 N–H and O–H groups in total. The van der Waals surface area contributed by atoms with Crippen LogP contribution in [0.3, 0.4) is 0 Å². The van der Waals surface area contributed by atoms with Crippen LogP contribution in [0.4, 0.5) is 4.79 Å². The molecule has 0 saturated carbocycles. The number of benzene rings is 1. The lowest BCUT2D eigenvalue weighted by Crippen LogP contribution is -2.31. The number of methoxy groups -OCH3 is 1. The molecule has 11 nitrogen and oxygen atoms in total. The molecule has 4 aromatic rings. The summed E-state index contributed by atoms with van der Waals surface area (Å²) in [6.45, 7) is 0.678. The van der Waals surface area contributed by atoms with E-state index in [1.165, 1.54) is 11.3 Å². The monoisotopic (exact) mass is 475 g/mol. The zero-order chi connectivity index (χ0) is 22.7. The van der Waals surface area contributed by atoms with Crippen molar-refractivity contribution < 1.29 is 19.1 Å². The predicted octanol–water partition coefficient (Wildman–Crippen LogP) is 2.07. The van der Waals surface area contributed by atoms with Gasteiger partial charge in [-0.05, 0) is 18.2 Å². The number of carbonyl (C=O) groups is 2. The summed E-state index contributed by atoms with van der Waals surface area (Å²) < 4.78 is 13.8. The Hall–Kier alpha value is -3.48. The van der Waals surface area contributed by atoms with Crippen molar-refractivity contribution in [1.29, 1.82) is 0 Å². The zero-order valence-electron chi connectivity index (χ0n) is 16.8. The number of nitrogens with two attached hydrogens (primary N) is 1. The molecule has 166 valence electrons. The Balaban J connectivity index is 1.58. The zero-order valence-corrected chi connectivity index (χ0v) is 18.4. The molecule has 1 aromatic carbocycles. The summed E-state index contributed by atoms with van der Waals surface area (Å²) in [7, 11) is 1.56. The number of fused-ring (bicyclic) bond motifs is 1. The largest absolute Gasteiger partial charge is 0.484 e. The number of ether oxygens (including phenoxy) is 2. The molecule has 4 rings (SSSR count). The number of nitrogens with zero attached hydrogens (tertiary/aromatic N) is 5. The fourth-order valence-electron chi connectivity index (χ4n) is 2.99. The van der Waals surface area contributed by atoms with E-state index in [2.05, 4.69) is 20.4 Å². The van der Waals surface area contributed by atoms with Crippen molar-refractivity contribution in [1.82, 2.24) is 29.6 Å². The van der Waals surface area contributed by atoms with Crippen LogP contribution in [0.15, 0.2) is 36.2 Å². The highest BCUT2D eigenvalue weighted by Gasteiger charge is 2.21. The van der Waals surface area contributed by atoms with Gasteiger partial charge in [0.1, 0.15) is 16.8 Å². The standard InChI is InChI=1S/C19H18ClN7O4S/c1-30-5-4-23-15(28)8-31-11-2-3-12(13(20)6-11)14-7-22-9-26(14)18-16-17(24-10-32-16)27(25-18)19(21)29/h2-3,6-7,9-10H,4-5,8H2,1H3,(H2,21,29)(H,23,28). The number of carbonyl (C=O) groups excluding carboxylic acids is 2. The van der Waals surface area contributed by atoms with Crippen molar-refractivity contribution >= 4 is 45.2 Å². The fraction of sp³-hybridized carbons (Fsp3) is 0.211. The number of thiazole rings is 1. The Morgan fingerprint density at radius 3 is 2.94 bits per heavy atom. The summed E-state index contributed by atoms with van der Waals surface area (Å²) in [4.78, 5) is 31.9. The van der Waals surface area contributed by atoms with E-state index < -0.39 is 6.03 Å². The van der Waals surface area contributed by atoms with Crippen LogP contribution in [0.5, 0.6) is 5.75 Å². The summed E-state index contributed by atoms with van der Waals surface area (Å²) in [5, 5.41) is 7.35. The topological polar surface area (TPSA) is 139 Å². The van der Waals surface area contributed by atoms with Crippen molar-refractivity contribution in [3.8, 4) is 22.8 Å². The van der Waals surface area contributed by atoms with E-state index in [1.54, 1.807) is 47.9 Å². The van der Waals surface area contributed by atoms with Crippen LogP contribution in [0, 0.1) is 0 Å². The predicted molar refractivity (Wildman–Crippen MR) is 118 cm³/mol. The third-order valence-electron chi connectivity index (χ3n) is 4.44. The molecule has 0 atom stereocenters. The van der Waals surface area contributed by atoms with Gasteiger partial charge in [0, 0.05) is 19.2 Å². The van der Waals surface area contributed by atoms with Gasteiger partial charge in [-0.3, -0.25) is 9.36 Å². The number of rotatable bonds is 8. The van der Waals surface area contributed by atoms with E-state index in [0.717, 1.165) is 4.68 Å². The smallest absolute Gasteiger partial charge is 0.341 e. The molecule has 0 aliphatic heterocycles. The van der Waals surface area contributed by atoms with Gasteiger partial charge in [0.15, 0.2) is 18.1 Å². The van der Waals surface area contributed by atoms with E-state index in [0.29, 0.717) is 51.3 Å². The van der Waals surface area contributed by atoms with E-state index in [1.807, 2.05) is 0 Å². The molecule has 0 radical (unpaired) electrons. The number of imidazole rings is 1. The highest BCUT2D eigenvalue weighted by molar-refractivity contribution is 7.17. The minimum absolute atomic E-state index is 0.148. The van der Waals surface area contributed by atoms with Crippen LogP contribution >= 0.6 is 22.9 Å². The molecular weight excluding hydrogens is 458 g/mol. The first kappa shape index (κ1) is 21.7. The number of primary amides is 1. The van der Waals surface area contributed by atoms with Gasteiger partial charge in [0.2, 0.25) is 0 Å². The number of nitrogens with one attached hydrogen (secondary N) is 1. The lowest BCUT2D eigenvalue weighted by molar-refractivity contribution is -0.123. The molecule has 0 saturated heterocycles. The first-order chi connectivity index (χ1) is 15.5. The average Bonchev–Trinajstić information content (AvgIpc) is 3.49. The van der Waals surface area contributed by atoms with Crippen molar-refractivity contribution in [3.05, 3.63) is 41.3 Å². The number of halogens is 1. The maximum absolute atomic E-state index is 11.8. The van der Waals surface area contributed by atoms with Crippen LogP contribution in [-0.4, -0.2) is 63.1 Å². The van der Waals surface area contributed by atoms with Gasteiger partial charge in [-0.1, -0.05) is 11.6 Å². The SMILES string of the molecule is COCCNC(=O)COc1ccc(-c2cncn2-c2nn(C(N)=O)c3ncsc23)c(Cl)c1. The van der Waals surface area contributed by atoms with Gasteiger partial charge in [-0.15, -0.1) is 16.4 Å². The number of amides is 2. The maximum atomic E-state index is 11.8. The van der Waals surface area contributed by atoms with Gasteiger partial charge < -0.3 is 20.5 Å². The van der Waals surface area contributed by atoms with Crippen molar-refractivity contribution in [2.45, 2.75) is 0 Å². The highest BCUT2D eigenvalue weighted by atomic mass is 35.5. The second-order valence-electron chi connectivity index (χ2n) is 6.50. The van der Waals surface area contributed by atoms with E-state index in [4.69, 9.17) is 26.8 Å². The molecule has 0 aliphatic carbocycles. The van der Waals surface area contributed by atoms with Gasteiger partial charge in [-0.2, -0.15) is 4.68 Å². The molecule has 3 aromatic heterocycles. The second-order valence-corrected chi connectivity index (χ2v) is 7.76. The van der Waals surface area contributed by atoms with E-state index in [-0.39, 0.29) is 12.5 Å². The van der Waals surface area contributed by atoms with Crippen LogP contribution in [0.1, 0.15) is 0 Å². The van der Waals surface area contributed by atoms with E-state index in [9.17, 15) is 9.59 Å². The van der Waals surface area contributed by atoms with E-state index >= 15 is 0 Å². The third-order valence-corrected chi connectivity index (χ3v) is 5.56. The third kappa shape index (κ3) is 4.28. The molecule has 0 unspecified atom stereocenters. The Kier molecular flexibility index (Phi) is 6.35. The second kappa shape index (κ2) is 9.34. The van der Waals surface area contributed by atoms with Crippen molar-refractivity contribution in [2.24, 2.45) is 5.73 Å². The van der Waals surface area contributed by atoms with Crippen molar-refractivity contribution in [3.63, 3.8) is 0 Å². The van der Waals surface area contributed by atoms with Crippen LogP contribution in [-0.2, 0) is 9.53 Å². The number of hydrogen-bond donors (Lipinski definition) is 2. The van der Waals surface area contributed by atoms with Gasteiger partial charge in [-0.25, -0.2) is 14.8 Å². The molecule has 0 spiro atoms. The molecule has 32 heavy (non-hydrogen) atoms. The summed E-state index contributed by atoms with van der Waals surface area (Å²) in [6.07, 6.45) is 3.19. The number of hydrogen-bond acceptors (Lipinski definition) is 8. The van der Waals surface area contributed by atoms with Gasteiger partial charge in [0.25, 0.3) is 5.91 Å². The minimum atomic E-state index is -0.736. The summed E-state index contributed by atoms with van der Waals surface area (Å²) in [6, 6.07) is 4.33. The average molecular weight is 476 g/mol. The Labute approximate surface area is 190 Å². The Morgan fingerprint density at radius 2 is 2.19 bits per heavy atom. The molecular formula is C19H18ClN7O4S. The summed E-state index contributed by atoms with van der Waals surface area (Å²) in [5.41, 5.74) is 8.69. The normalized spacial score (nSPS) is 11.1. The summed E-state index contributed by atoms with van der Waals surface area (Å²) in [5.74, 6) is 0.631. The fourth-order valence-corrected chi connectivity index (χ4v) is 4.01. The molecule has 13 heteroatoms. The quantitative estimate of drug-likeness (QED) is 0.372. The molecule has 3 heterocycles. The highest BCUT2D eigenvalue weighted by Crippen LogP contribution is 2.34. The van der Waals surface area contributed by atoms with Crippen LogP contribution in [0.25, 0.3) is 27.4 Å². The molecule has 2 amide bonds. The van der Waals surface area contributed by atoms with Gasteiger partial charge in [0.05, 0.1) is 29.0 Å². The minimum Gasteiger partial charge on any atom is -0.484 e.